The number of nitrogens with one attached hydrogen (secondary N) is 2. The summed E-state index contributed by atoms with van der Waals surface area (Å²) in [7, 11) is 0. The van der Waals surface area contributed by atoms with Crippen LogP contribution in [0.3, 0.4) is 0 Å². The van der Waals surface area contributed by atoms with E-state index < -0.39 is 0 Å². The van der Waals surface area contributed by atoms with E-state index in [1.54, 1.807) is 12.1 Å². The summed E-state index contributed by atoms with van der Waals surface area (Å²) in [6.45, 7) is 2.18. The van der Waals surface area contributed by atoms with Crippen molar-refractivity contribution in [3.8, 4) is 0 Å². The zero-order chi connectivity index (χ0) is 12.3. The number of carbonyl (C=O) groups is 2. The summed E-state index contributed by atoms with van der Waals surface area (Å²) in [5.41, 5.74) is 0.900. The lowest BCUT2D eigenvalue weighted by molar-refractivity contribution is 0.0906. The van der Waals surface area contributed by atoms with Gasteiger partial charge in [0.1, 0.15) is 5.69 Å². The minimum Gasteiger partial charge on any atom is -0.348 e. The fourth-order valence-corrected chi connectivity index (χ4v) is 2.39. The molecule has 2 atom stereocenters. The van der Waals surface area contributed by atoms with Crippen molar-refractivity contribution in [1.29, 1.82) is 0 Å². The van der Waals surface area contributed by atoms with Crippen molar-refractivity contribution in [2.24, 2.45) is 5.92 Å². The lowest BCUT2D eigenvalue weighted by atomic mass is 9.86. The van der Waals surface area contributed by atoms with E-state index in [4.69, 9.17) is 0 Å². The highest BCUT2D eigenvalue weighted by Crippen LogP contribution is 2.23. The first-order chi connectivity index (χ1) is 8.20. The Balaban J connectivity index is 1.98. The average molecular weight is 234 g/mol. The Morgan fingerprint density at radius 2 is 2.18 bits per heavy atom. The van der Waals surface area contributed by atoms with Gasteiger partial charge in [-0.3, -0.25) is 9.59 Å². The summed E-state index contributed by atoms with van der Waals surface area (Å²) in [4.78, 5) is 25.2. The molecule has 4 nitrogen and oxygen atoms in total. The molecule has 1 fully saturated rings. The van der Waals surface area contributed by atoms with Crippen LogP contribution in [-0.2, 0) is 0 Å². The molecule has 1 saturated carbocycles. The first-order valence-electron chi connectivity index (χ1n) is 6.16. The van der Waals surface area contributed by atoms with Gasteiger partial charge in [0, 0.05) is 6.04 Å². The number of amides is 1. The van der Waals surface area contributed by atoms with Gasteiger partial charge in [0.05, 0.1) is 5.69 Å². The second-order valence-electron chi connectivity index (χ2n) is 4.79. The molecule has 1 aliphatic carbocycles. The topological polar surface area (TPSA) is 62.0 Å². The van der Waals surface area contributed by atoms with Gasteiger partial charge in [-0.25, -0.2) is 0 Å². The maximum Gasteiger partial charge on any atom is 0.267 e. The summed E-state index contributed by atoms with van der Waals surface area (Å²) in [5, 5.41) is 3.04. The first kappa shape index (κ1) is 11.9. The highest BCUT2D eigenvalue weighted by Gasteiger charge is 2.23. The van der Waals surface area contributed by atoms with E-state index in [2.05, 4.69) is 17.2 Å². The maximum absolute atomic E-state index is 11.9. The first-order valence-corrected chi connectivity index (χ1v) is 6.16. The highest BCUT2D eigenvalue weighted by atomic mass is 16.2. The van der Waals surface area contributed by atoms with Crippen molar-refractivity contribution >= 4 is 12.2 Å². The van der Waals surface area contributed by atoms with Gasteiger partial charge in [0.25, 0.3) is 5.91 Å². The number of hydrogen-bond donors (Lipinski definition) is 2. The van der Waals surface area contributed by atoms with Gasteiger partial charge in [-0.2, -0.15) is 0 Å². The molecular weight excluding hydrogens is 216 g/mol. The molecule has 0 bridgehead atoms. The Morgan fingerprint density at radius 3 is 2.82 bits per heavy atom. The van der Waals surface area contributed by atoms with E-state index in [1.165, 1.54) is 19.3 Å². The van der Waals surface area contributed by atoms with Gasteiger partial charge in [-0.15, -0.1) is 0 Å². The van der Waals surface area contributed by atoms with Crippen molar-refractivity contribution in [3.05, 3.63) is 23.5 Å². The van der Waals surface area contributed by atoms with Crippen LogP contribution in [-0.4, -0.2) is 23.2 Å². The third-order valence-corrected chi connectivity index (χ3v) is 3.51. The number of carbonyl (C=O) groups excluding carboxylic acids is 2. The number of aldehydes is 1. The second-order valence-corrected chi connectivity index (χ2v) is 4.79. The number of aromatic amines is 1. The van der Waals surface area contributed by atoms with E-state index in [0.717, 1.165) is 6.42 Å². The Morgan fingerprint density at radius 1 is 1.41 bits per heavy atom. The van der Waals surface area contributed by atoms with Crippen molar-refractivity contribution in [2.75, 3.05) is 0 Å². The Labute approximate surface area is 101 Å². The molecule has 1 heterocycles. The Kier molecular flexibility index (Phi) is 3.61. The molecule has 17 heavy (non-hydrogen) atoms. The zero-order valence-corrected chi connectivity index (χ0v) is 10.0. The van der Waals surface area contributed by atoms with Crippen LogP contribution in [0.25, 0.3) is 0 Å². The van der Waals surface area contributed by atoms with Crippen LogP contribution < -0.4 is 5.32 Å². The van der Waals surface area contributed by atoms with Gasteiger partial charge >= 0.3 is 0 Å². The molecule has 0 spiro atoms. The van der Waals surface area contributed by atoms with Gasteiger partial charge in [0.2, 0.25) is 0 Å². The van der Waals surface area contributed by atoms with Crippen LogP contribution >= 0.6 is 0 Å². The predicted octanol–water partition coefficient (Wildman–Crippen LogP) is 2.14. The fourth-order valence-electron chi connectivity index (χ4n) is 2.39. The third-order valence-electron chi connectivity index (χ3n) is 3.51. The van der Waals surface area contributed by atoms with Gasteiger partial charge < -0.3 is 10.3 Å². The molecule has 1 amide bonds. The normalized spacial score (nSPS) is 24.3. The van der Waals surface area contributed by atoms with Crippen LogP contribution in [0.1, 0.15) is 53.6 Å². The average Bonchev–Trinajstić information content (AvgIpc) is 2.81. The van der Waals surface area contributed by atoms with Crippen LogP contribution in [0.2, 0.25) is 0 Å². The molecule has 2 N–H and O–H groups in total. The SMILES string of the molecule is CC1CCCCC1NC(=O)c1ccc(C=O)[nH]1. The van der Waals surface area contributed by atoms with E-state index in [1.807, 2.05) is 0 Å². The van der Waals surface area contributed by atoms with Crippen LogP contribution in [0.5, 0.6) is 0 Å². The molecule has 2 unspecified atom stereocenters. The second kappa shape index (κ2) is 5.17. The molecule has 1 aromatic heterocycles. The number of rotatable bonds is 3. The Bertz CT molecular complexity index is 411. The fraction of sp³-hybridized carbons (Fsp3) is 0.538. The van der Waals surface area contributed by atoms with E-state index in [-0.39, 0.29) is 11.9 Å². The molecule has 0 saturated heterocycles. The summed E-state index contributed by atoms with van der Waals surface area (Å²) < 4.78 is 0. The van der Waals surface area contributed by atoms with Crippen LogP contribution in [0.4, 0.5) is 0 Å². The molecule has 0 radical (unpaired) electrons. The molecule has 2 rings (SSSR count). The molecular formula is C13H18N2O2. The molecule has 0 aliphatic heterocycles. The molecule has 1 aliphatic rings. The van der Waals surface area contributed by atoms with Crippen LogP contribution in [0.15, 0.2) is 12.1 Å². The van der Waals surface area contributed by atoms with E-state index in [0.29, 0.717) is 23.6 Å². The van der Waals surface area contributed by atoms with Crippen molar-refractivity contribution in [2.45, 2.75) is 38.6 Å². The number of H-pyrrole nitrogens is 1. The summed E-state index contributed by atoms with van der Waals surface area (Å²) in [6.07, 6.45) is 5.37. The summed E-state index contributed by atoms with van der Waals surface area (Å²) in [5.74, 6) is 0.421. The smallest absolute Gasteiger partial charge is 0.267 e. The van der Waals surface area contributed by atoms with Gasteiger partial charge in [-0.05, 0) is 30.9 Å². The minimum atomic E-state index is -0.114. The van der Waals surface area contributed by atoms with Gasteiger partial charge in [-0.1, -0.05) is 19.8 Å². The lowest BCUT2D eigenvalue weighted by Crippen LogP contribution is -2.41. The Hall–Kier alpha value is -1.58. The molecule has 1 aromatic rings. The molecule has 0 aromatic carbocycles. The zero-order valence-electron chi connectivity index (χ0n) is 10.0. The standard InChI is InChI=1S/C13H18N2O2/c1-9-4-2-3-5-11(9)15-13(17)12-7-6-10(8-16)14-12/h6-9,11,14H,2-5H2,1H3,(H,15,17). The van der Waals surface area contributed by atoms with E-state index >= 15 is 0 Å². The number of hydrogen-bond acceptors (Lipinski definition) is 2. The summed E-state index contributed by atoms with van der Waals surface area (Å²) >= 11 is 0. The highest BCUT2D eigenvalue weighted by molar-refractivity contribution is 5.93. The molecule has 92 valence electrons. The summed E-state index contributed by atoms with van der Waals surface area (Å²) in [6, 6.07) is 3.53. The van der Waals surface area contributed by atoms with Gasteiger partial charge in [0.15, 0.2) is 6.29 Å². The lowest BCUT2D eigenvalue weighted by Gasteiger charge is -2.29. The predicted molar refractivity (Wildman–Crippen MR) is 65.1 cm³/mol. The monoisotopic (exact) mass is 234 g/mol. The van der Waals surface area contributed by atoms with Crippen molar-refractivity contribution < 1.29 is 9.59 Å². The van der Waals surface area contributed by atoms with Crippen LogP contribution in [0, 0.1) is 5.92 Å². The quantitative estimate of drug-likeness (QED) is 0.787. The van der Waals surface area contributed by atoms with Crippen molar-refractivity contribution in [1.82, 2.24) is 10.3 Å². The largest absolute Gasteiger partial charge is 0.348 e. The molecule has 4 heteroatoms. The third kappa shape index (κ3) is 2.75. The van der Waals surface area contributed by atoms with E-state index in [9.17, 15) is 9.59 Å². The number of aromatic nitrogens is 1. The maximum atomic E-state index is 11.9. The minimum absolute atomic E-state index is 0.114. The van der Waals surface area contributed by atoms with Crippen molar-refractivity contribution in [3.63, 3.8) is 0 Å².